The predicted molar refractivity (Wildman–Crippen MR) is 89.5 cm³/mol. The van der Waals surface area contributed by atoms with Gasteiger partial charge in [-0.1, -0.05) is 30.3 Å². The quantitative estimate of drug-likeness (QED) is 0.511. The summed E-state index contributed by atoms with van der Waals surface area (Å²) >= 11 is 0. The number of para-hydroxylation sites is 1. The Balaban J connectivity index is 1.78. The highest BCUT2D eigenvalue weighted by atomic mass is 16.5. The van der Waals surface area contributed by atoms with Crippen molar-refractivity contribution in [2.45, 2.75) is 13.5 Å². The molecule has 0 spiro atoms. The third kappa shape index (κ3) is 3.30. The number of hydrogen-bond donors (Lipinski definition) is 3. The van der Waals surface area contributed by atoms with Crippen LogP contribution in [-0.4, -0.2) is 16.1 Å². The number of carbonyl (C=O) groups is 1. The van der Waals surface area contributed by atoms with Crippen LogP contribution in [0.2, 0.25) is 0 Å². The van der Waals surface area contributed by atoms with Gasteiger partial charge in [-0.3, -0.25) is 15.0 Å². The number of amides is 1. The molecule has 2 aromatic carbocycles. The van der Waals surface area contributed by atoms with Gasteiger partial charge in [0.15, 0.2) is 0 Å². The zero-order valence-electron chi connectivity index (χ0n) is 12.7. The van der Waals surface area contributed by atoms with E-state index in [0.29, 0.717) is 12.1 Å². The molecule has 5 heteroatoms. The van der Waals surface area contributed by atoms with Crippen LogP contribution in [0, 0.1) is 6.92 Å². The van der Waals surface area contributed by atoms with Gasteiger partial charge in [0.05, 0.1) is 11.2 Å². The summed E-state index contributed by atoms with van der Waals surface area (Å²) in [6, 6.07) is 17.1. The summed E-state index contributed by atoms with van der Waals surface area (Å²) in [6.45, 7) is 2.59. The molecule has 0 radical (unpaired) electrons. The largest absolute Gasteiger partial charge is 0.379 e. The van der Waals surface area contributed by atoms with E-state index in [9.17, 15) is 4.79 Å². The van der Waals surface area contributed by atoms with Gasteiger partial charge >= 0.3 is 0 Å². The van der Waals surface area contributed by atoms with Crippen LogP contribution in [0.3, 0.4) is 0 Å². The second-order valence-corrected chi connectivity index (χ2v) is 5.32. The van der Waals surface area contributed by atoms with Crippen molar-refractivity contribution in [1.29, 1.82) is 0 Å². The normalized spacial score (nSPS) is 10.5. The number of hydroxylamine groups is 1. The molecule has 3 rings (SSSR count). The van der Waals surface area contributed by atoms with Gasteiger partial charge < -0.3 is 5.32 Å². The molecule has 23 heavy (non-hydrogen) atoms. The molecule has 0 saturated carbocycles. The van der Waals surface area contributed by atoms with Crippen LogP contribution in [0.15, 0.2) is 54.6 Å². The van der Waals surface area contributed by atoms with E-state index in [-0.39, 0.29) is 0 Å². The lowest BCUT2D eigenvalue weighted by atomic mass is 10.1. The fraction of sp³-hybridized carbons (Fsp3) is 0.111. The van der Waals surface area contributed by atoms with Crippen LogP contribution in [0.5, 0.6) is 0 Å². The van der Waals surface area contributed by atoms with Crippen LogP contribution in [-0.2, 0) is 6.54 Å². The smallest absolute Gasteiger partial charge is 0.274 e. The molecule has 1 aromatic heterocycles. The summed E-state index contributed by atoms with van der Waals surface area (Å²) in [5.41, 5.74) is 5.97. The number of carbonyl (C=O) groups excluding carboxylic acids is 1. The highest BCUT2D eigenvalue weighted by Crippen LogP contribution is 2.22. The van der Waals surface area contributed by atoms with E-state index in [0.717, 1.165) is 27.8 Å². The van der Waals surface area contributed by atoms with Crippen molar-refractivity contribution in [3.63, 3.8) is 0 Å². The lowest BCUT2D eigenvalue weighted by molar-refractivity contribution is 0.0706. The van der Waals surface area contributed by atoms with Crippen molar-refractivity contribution >= 4 is 22.5 Å². The fourth-order valence-corrected chi connectivity index (χ4v) is 2.42. The molecular weight excluding hydrogens is 290 g/mol. The number of fused-ring (bicyclic) bond motifs is 1. The third-order valence-electron chi connectivity index (χ3n) is 3.66. The Kier molecular flexibility index (Phi) is 4.21. The van der Waals surface area contributed by atoms with Crippen LogP contribution < -0.4 is 10.8 Å². The Morgan fingerprint density at radius 1 is 1.09 bits per heavy atom. The molecule has 116 valence electrons. The number of anilines is 1. The number of benzene rings is 2. The Morgan fingerprint density at radius 2 is 1.87 bits per heavy atom. The van der Waals surface area contributed by atoms with Crippen LogP contribution >= 0.6 is 0 Å². The number of nitrogens with zero attached hydrogens (tertiary/aromatic N) is 1. The number of hydrogen-bond acceptors (Lipinski definition) is 4. The summed E-state index contributed by atoms with van der Waals surface area (Å²) < 4.78 is 0. The van der Waals surface area contributed by atoms with Gasteiger partial charge in [-0.2, -0.15) is 0 Å². The summed E-state index contributed by atoms with van der Waals surface area (Å²) in [7, 11) is 0. The topological polar surface area (TPSA) is 74.2 Å². The number of pyridine rings is 1. The first kappa shape index (κ1) is 15.0. The minimum Gasteiger partial charge on any atom is -0.379 e. The third-order valence-corrected chi connectivity index (χ3v) is 3.66. The van der Waals surface area contributed by atoms with E-state index in [4.69, 9.17) is 5.21 Å². The maximum absolute atomic E-state index is 11.3. The van der Waals surface area contributed by atoms with E-state index in [1.807, 2.05) is 43.3 Å². The maximum Gasteiger partial charge on any atom is 0.274 e. The molecule has 3 aromatic rings. The van der Waals surface area contributed by atoms with Crippen molar-refractivity contribution in [2.75, 3.05) is 5.32 Å². The molecule has 0 aliphatic rings. The zero-order valence-corrected chi connectivity index (χ0v) is 12.7. The average Bonchev–Trinajstić information content (AvgIpc) is 2.59. The Morgan fingerprint density at radius 3 is 2.61 bits per heavy atom. The molecule has 1 heterocycles. The second kappa shape index (κ2) is 6.46. The Labute approximate surface area is 133 Å². The zero-order chi connectivity index (χ0) is 16.2. The molecule has 0 aliphatic heterocycles. The highest BCUT2D eigenvalue weighted by molar-refractivity contribution is 5.93. The van der Waals surface area contributed by atoms with E-state index < -0.39 is 5.91 Å². The maximum atomic E-state index is 11.3. The first-order chi connectivity index (χ1) is 11.2. The van der Waals surface area contributed by atoms with Gasteiger partial charge in [-0.05, 0) is 36.8 Å². The lowest BCUT2D eigenvalue weighted by Crippen LogP contribution is -2.18. The summed E-state index contributed by atoms with van der Waals surface area (Å²) in [4.78, 5) is 15.9. The van der Waals surface area contributed by atoms with Gasteiger partial charge in [0, 0.05) is 23.2 Å². The molecule has 0 bridgehead atoms. The molecule has 0 aliphatic carbocycles. The number of aromatic nitrogens is 1. The summed E-state index contributed by atoms with van der Waals surface area (Å²) in [5.74, 6) is -0.516. The predicted octanol–water partition coefficient (Wildman–Crippen LogP) is 3.27. The second-order valence-electron chi connectivity index (χ2n) is 5.32. The molecule has 0 fully saturated rings. The summed E-state index contributed by atoms with van der Waals surface area (Å²) in [5, 5.41) is 13.1. The standard InChI is InChI=1S/C18H17N3O2/c1-12-5-8-14-3-2-4-16(17(14)20-12)19-11-13-6-9-15(10-7-13)18(22)21-23/h2-10,19,23H,11H2,1H3,(H,21,22). The fourth-order valence-electron chi connectivity index (χ4n) is 2.42. The van der Waals surface area contributed by atoms with Gasteiger partial charge in [0.1, 0.15) is 0 Å². The van der Waals surface area contributed by atoms with Gasteiger partial charge in [-0.25, -0.2) is 5.48 Å². The van der Waals surface area contributed by atoms with Crippen LogP contribution in [0.1, 0.15) is 21.6 Å². The van der Waals surface area contributed by atoms with E-state index in [1.165, 1.54) is 0 Å². The van der Waals surface area contributed by atoms with Gasteiger partial charge in [0.25, 0.3) is 5.91 Å². The average molecular weight is 307 g/mol. The van der Waals surface area contributed by atoms with Crippen LogP contribution in [0.25, 0.3) is 10.9 Å². The molecule has 3 N–H and O–H groups in total. The monoisotopic (exact) mass is 307 g/mol. The van der Waals surface area contributed by atoms with Gasteiger partial charge in [0.2, 0.25) is 0 Å². The van der Waals surface area contributed by atoms with Crippen molar-refractivity contribution in [1.82, 2.24) is 10.5 Å². The van der Waals surface area contributed by atoms with Crippen molar-refractivity contribution in [3.8, 4) is 0 Å². The first-order valence-electron chi connectivity index (χ1n) is 7.31. The number of nitrogens with one attached hydrogen (secondary N) is 2. The van der Waals surface area contributed by atoms with E-state index >= 15 is 0 Å². The minimum atomic E-state index is -0.516. The molecule has 0 atom stereocenters. The lowest BCUT2D eigenvalue weighted by Gasteiger charge is -2.10. The first-order valence-corrected chi connectivity index (χ1v) is 7.31. The van der Waals surface area contributed by atoms with Gasteiger partial charge in [-0.15, -0.1) is 0 Å². The highest BCUT2D eigenvalue weighted by Gasteiger charge is 2.05. The molecule has 0 saturated heterocycles. The number of aryl methyl sites for hydroxylation is 1. The molecule has 1 amide bonds. The minimum absolute atomic E-state index is 0.415. The van der Waals surface area contributed by atoms with E-state index in [1.54, 1.807) is 17.6 Å². The van der Waals surface area contributed by atoms with Crippen LogP contribution in [0.4, 0.5) is 5.69 Å². The van der Waals surface area contributed by atoms with Crippen molar-refractivity contribution in [3.05, 3.63) is 71.4 Å². The van der Waals surface area contributed by atoms with Crippen molar-refractivity contribution < 1.29 is 10.0 Å². The SMILES string of the molecule is Cc1ccc2cccc(NCc3ccc(C(=O)NO)cc3)c2n1. The molecule has 5 nitrogen and oxygen atoms in total. The van der Waals surface area contributed by atoms with Crippen molar-refractivity contribution in [2.24, 2.45) is 0 Å². The molecule has 0 unspecified atom stereocenters. The van der Waals surface area contributed by atoms with E-state index in [2.05, 4.69) is 16.4 Å². The summed E-state index contributed by atoms with van der Waals surface area (Å²) in [6.07, 6.45) is 0. The Bertz CT molecular complexity index is 845. The Hall–Kier alpha value is -2.92. The molecular formula is C18H17N3O2. The number of rotatable bonds is 4.